The number of nitrogens with two attached hydrogens (primary N) is 1. The maximum atomic E-state index is 9.17. The summed E-state index contributed by atoms with van der Waals surface area (Å²) in [6, 6.07) is 6.07. The monoisotopic (exact) mass is 225 g/mol. The first-order valence-electron chi connectivity index (χ1n) is 5.21. The van der Waals surface area contributed by atoms with E-state index in [1.54, 1.807) is 0 Å². The molecule has 1 saturated carbocycles. The highest BCUT2D eigenvalue weighted by Gasteiger charge is 2.53. The summed E-state index contributed by atoms with van der Waals surface area (Å²) in [6.45, 7) is 2.78. The number of halogens is 1. The SMILES string of the molecule is Cc1ccc([C@]2(CN)C[C@@H]2CO)cc1Cl. The number of hydrogen-bond acceptors (Lipinski definition) is 2. The van der Waals surface area contributed by atoms with Gasteiger partial charge in [0.15, 0.2) is 0 Å². The van der Waals surface area contributed by atoms with Gasteiger partial charge >= 0.3 is 0 Å². The zero-order valence-corrected chi connectivity index (χ0v) is 9.59. The van der Waals surface area contributed by atoms with Gasteiger partial charge in [-0.15, -0.1) is 0 Å². The number of rotatable bonds is 3. The first-order valence-corrected chi connectivity index (χ1v) is 5.59. The molecular formula is C12H16ClNO. The Hall–Kier alpha value is -0.570. The third-order valence-corrected chi connectivity index (χ3v) is 3.97. The van der Waals surface area contributed by atoms with E-state index < -0.39 is 0 Å². The Morgan fingerprint density at radius 2 is 2.33 bits per heavy atom. The van der Waals surface area contributed by atoms with Crippen LogP contribution in [-0.4, -0.2) is 18.3 Å². The van der Waals surface area contributed by atoms with Crippen LogP contribution in [0.2, 0.25) is 5.02 Å². The van der Waals surface area contributed by atoms with Crippen molar-refractivity contribution in [2.75, 3.05) is 13.2 Å². The Balaban J connectivity index is 2.33. The van der Waals surface area contributed by atoms with Gasteiger partial charge in [-0.3, -0.25) is 0 Å². The predicted octanol–water partition coefficient (Wildman–Crippen LogP) is 1.86. The third-order valence-electron chi connectivity index (χ3n) is 3.56. The van der Waals surface area contributed by atoms with Gasteiger partial charge in [-0.25, -0.2) is 0 Å². The van der Waals surface area contributed by atoms with E-state index in [0.717, 1.165) is 17.0 Å². The molecule has 2 nitrogen and oxygen atoms in total. The number of benzene rings is 1. The summed E-state index contributed by atoms with van der Waals surface area (Å²) >= 11 is 6.09. The Bertz CT molecular complexity index is 380. The lowest BCUT2D eigenvalue weighted by Gasteiger charge is -2.16. The summed E-state index contributed by atoms with van der Waals surface area (Å²) in [5, 5.41) is 9.95. The summed E-state index contributed by atoms with van der Waals surface area (Å²) in [5.41, 5.74) is 8.02. The molecule has 1 fully saturated rings. The zero-order valence-electron chi connectivity index (χ0n) is 8.83. The minimum absolute atomic E-state index is 0.0217. The van der Waals surface area contributed by atoms with Gasteiger partial charge in [0.2, 0.25) is 0 Å². The largest absolute Gasteiger partial charge is 0.396 e. The van der Waals surface area contributed by atoms with Crippen LogP contribution in [0, 0.1) is 12.8 Å². The maximum Gasteiger partial charge on any atom is 0.0468 e. The van der Waals surface area contributed by atoms with Crippen LogP contribution in [0.15, 0.2) is 18.2 Å². The van der Waals surface area contributed by atoms with Crippen molar-refractivity contribution in [1.29, 1.82) is 0 Å². The number of aryl methyl sites for hydroxylation is 1. The molecular weight excluding hydrogens is 210 g/mol. The van der Waals surface area contributed by atoms with Crippen molar-refractivity contribution in [1.82, 2.24) is 0 Å². The molecule has 1 aromatic rings. The van der Waals surface area contributed by atoms with Crippen molar-refractivity contribution < 1.29 is 5.11 Å². The summed E-state index contributed by atoms with van der Waals surface area (Å²) < 4.78 is 0. The molecule has 1 aromatic carbocycles. The average molecular weight is 226 g/mol. The minimum Gasteiger partial charge on any atom is -0.396 e. The molecule has 0 aliphatic heterocycles. The fourth-order valence-corrected chi connectivity index (χ4v) is 2.42. The highest BCUT2D eigenvalue weighted by atomic mass is 35.5. The van der Waals surface area contributed by atoms with Crippen molar-refractivity contribution in [3.05, 3.63) is 34.3 Å². The van der Waals surface area contributed by atoms with Crippen molar-refractivity contribution in [3.8, 4) is 0 Å². The van der Waals surface area contributed by atoms with Crippen molar-refractivity contribution in [2.24, 2.45) is 11.7 Å². The summed E-state index contributed by atoms with van der Waals surface area (Å²) in [6.07, 6.45) is 0.972. The normalized spacial score (nSPS) is 29.2. The lowest BCUT2D eigenvalue weighted by molar-refractivity contribution is 0.264. The Kier molecular flexibility index (Phi) is 2.75. The molecule has 0 bridgehead atoms. The maximum absolute atomic E-state index is 9.17. The van der Waals surface area contributed by atoms with Crippen LogP contribution >= 0.6 is 11.6 Å². The fourth-order valence-electron chi connectivity index (χ4n) is 2.24. The molecule has 82 valence electrons. The average Bonchev–Trinajstić information content (AvgIpc) is 2.97. The fraction of sp³-hybridized carbons (Fsp3) is 0.500. The highest BCUT2D eigenvalue weighted by molar-refractivity contribution is 6.31. The molecule has 2 atom stereocenters. The van der Waals surface area contributed by atoms with Crippen LogP contribution in [0.5, 0.6) is 0 Å². The smallest absolute Gasteiger partial charge is 0.0468 e. The van der Waals surface area contributed by atoms with Gasteiger partial charge in [-0.2, -0.15) is 0 Å². The molecule has 0 radical (unpaired) electrons. The molecule has 3 N–H and O–H groups in total. The quantitative estimate of drug-likeness (QED) is 0.825. The second-order valence-corrected chi connectivity index (χ2v) is 4.82. The van der Waals surface area contributed by atoms with Crippen LogP contribution in [0.3, 0.4) is 0 Å². The summed E-state index contributed by atoms with van der Waals surface area (Å²) in [5.74, 6) is 0.307. The predicted molar refractivity (Wildman–Crippen MR) is 62.1 cm³/mol. The second-order valence-electron chi connectivity index (χ2n) is 4.41. The molecule has 1 aliphatic rings. The minimum atomic E-state index is -0.0217. The van der Waals surface area contributed by atoms with E-state index in [1.165, 1.54) is 5.56 Å². The van der Waals surface area contributed by atoms with Crippen LogP contribution in [0.25, 0.3) is 0 Å². The van der Waals surface area contributed by atoms with Gasteiger partial charge in [0.1, 0.15) is 0 Å². The van der Waals surface area contributed by atoms with Crippen molar-refractivity contribution in [2.45, 2.75) is 18.8 Å². The van der Waals surface area contributed by atoms with Crippen molar-refractivity contribution in [3.63, 3.8) is 0 Å². The van der Waals surface area contributed by atoms with E-state index in [9.17, 15) is 0 Å². The van der Waals surface area contributed by atoms with Crippen LogP contribution in [0.1, 0.15) is 17.5 Å². The molecule has 0 spiro atoms. The molecule has 1 aliphatic carbocycles. The van der Waals surface area contributed by atoms with E-state index in [4.69, 9.17) is 22.4 Å². The van der Waals surface area contributed by atoms with Gasteiger partial charge in [0.05, 0.1) is 0 Å². The standard InChI is InChI=1S/C12H16ClNO/c1-8-2-3-9(4-11(8)13)12(7-14)5-10(12)6-15/h2-4,10,15H,5-7,14H2,1H3/t10-,12-/m1/s1. The molecule has 15 heavy (non-hydrogen) atoms. The second kappa shape index (κ2) is 3.78. The lowest BCUT2D eigenvalue weighted by Crippen LogP contribution is -2.23. The van der Waals surface area contributed by atoms with E-state index in [1.807, 2.05) is 19.1 Å². The first kappa shape index (κ1) is 10.9. The van der Waals surface area contributed by atoms with Gasteiger partial charge in [0.25, 0.3) is 0 Å². The van der Waals surface area contributed by atoms with Crippen molar-refractivity contribution >= 4 is 11.6 Å². The molecule has 0 aromatic heterocycles. The summed E-state index contributed by atoms with van der Waals surface area (Å²) in [4.78, 5) is 0. The number of aliphatic hydroxyl groups excluding tert-OH is 1. The zero-order chi connectivity index (χ0) is 11.1. The number of hydrogen-bond donors (Lipinski definition) is 2. The summed E-state index contributed by atoms with van der Waals surface area (Å²) in [7, 11) is 0. The van der Waals surface area contributed by atoms with Gasteiger partial charge in [-0.05, 0) is 36.5 Å². The Morgan fingerprint density at radius 1 is 1.60 bits per heavy atom. The van der Waals surface area contributed by atoms with Crippen LogP contribution in [-0.2, 0) is 5.41 Å². The van der Waals surface area contributed by atoms with E-state index in [2.05, 4.69) is 6.07 Å². The van der Waals surface area contributed by atoms with E-state index >= 15 is 0 Å². The molecule has 0 saturated heterocycles. The van der Waals surface area contributed by atoms with Gasteiger partial charge in [0, 0.05) is 23.6 Å². The first-order chi connectivity index (χ1) is 7.14. The topological polar surface area (TPSA) is 46.2 Å². The number of aliphatic hydroxyl groups is 1. The van der Waals surface area contributed by atoms with Gasteiger partial charge < -0.3 is 10.8 Å². The molecule has 0 unspecified atom stereocenters. The molecule has 3 heteroatoms. The van der Waals surface area contributed by atoms with Gasteiger partial charge in [-0.1, -0.05) is 23.7 Å². The molecule has 0 heterocycles. The van der Waals surface area contributed by atoms with E-state index in [0.29, 0.717) is 12.5 Å². The van der Waals surface area contributed by atoms with Crippen LogP contribution in [0.4, 0.5) is 0 Å². The third kappa shape index (κ3) is 1.67. The molecule has 0 amide bonds. The Morgan fingerprint density at radius 3 is 2.80 bits per heavy atom. The Labute approximate surface area is 95.1 Å². The lowest BCUT2D eigenvalue weighted by atomic mass is 9.93. The van der Waals surface area contributed by atoms with Crippen LogP contribution < -0.4 is 5.73 Å². The highest BCUT2D eigenvalue weighted by Crippen LogP contribution is 2.53. The molecule has 2 rings (SSSR count). The van der Waals surface area contributed by atoms with E-state index in [-0.39, 0.29) is 12.0 Å².